The van der Waals surface area contributed by atoms with Gasteiger partial charge in [-0.25, -0.2) is 9.97 Å². The Bertz CT molecular complexity index is 1210. The van der Waals surface area contributed by atoms with Crippen molar-refractivity contribution in [3.05, 3.63) is 48.4 Å². The van der Waals surface area contributed by atoms with Crippen LogP contribution in [0.4, 0.5) is 5.82 Å². The van der Waals surface area contributed by atoms with E-state index in [1.807, 2.05) is 30.2 Å². The van der Waals surface area contributed by atoms with E-state index in [2.05, 4.69) is 37.6 Å². The fourth-order valence-electron chi connectivity index (χ4n) is 4.80. The number of terminal acetylenes is 1. The number of fused-ring (bicyclic) bond motifs is 1. The smallest absolute Gasteiger partial charge is 0.245 e. The summed E-state index contributed by atoms with van der Waals surface area (Å²) in [6.07, 6.45) is 11.8. The number of carbonyl (C=O) groups is 1. The Morgan fingerprint density at radius 2 is 2.17 bits per heavy atom. The number of benzene rings is 1. The molecule has 1 spiro atoms. The minimum absolute atomic E-state index is 0.00334. The monoisotopic (exact) mass is 398 g/mol. The molecule has 0 aliphatic carbocycles. The summed E-state index contributed by atoms with van der Waals surface area (Å²) in [4.78, 5) is 25.1. The topological polar surface area (TPSA) is 78.0 Å². The summed E-state index contributed by atoms with van der Waals surface area (Å²) in [5.74, 6) is 3.63. The zero-order valence-corrected chi connectivity index (χ0v) is 16.9. The molecule has 1 N–H and O–H groups in total. The largest absolute Gasteiger partial charge is 0.355 e. The lowest BCUT2D eigenvalue weighted by Gasteiger charge is -2.47. The van der Waals surface area contributed by atoms with E-state index >= 15 is 0 Å². The molecule has 0 bridgehead atoms. The van der Waals surface area contributed by atoms with Gasteiger partial charge >= 0.3 is 0 Å². The second-order valence-electron chi connectivity index (χ2n) is 8.22. The van der Waals surface area contributed by atoms with Gasteiger partial charge < -0.3 is 9.80 Å². The van der Waals surface area contributed by atoms with Crippen molar-refractivity contribution in [1.82, 2.24) is 25.1 Å². The number of amides is 1. The molecule has 7 heteroatoms. The van der Waals surface area contributed by atoms with Crippen LogP contribution in [0.25, 0.3) is 22.2 Å². The van der Waals surface area contributed by atoms with Crippen molar-refractivity contribution < 1.29 is 4.79 Å². The van der Waals surface area contributed by atoms with E-state index in [0.717, 1.165) is 66.1 Å². The average Bonchev–Trinajstić information content (AvgIpc) is 3.39. The summed E-state index contributed by atoms with van der Waals surface area (Å²) < 4.78 is 0. The van der Waals surface area contributed by atoms with Crippen molar-refractivity contribution >= 4 is 22.6 Å². The molecule has 7 nitrogen and oxygen atoms in total. The number of aromatic nitrogens is 4. The van der Waals surface area contributed by atoms with Crippen LogP contribution in [0.5, 0.6) is 0 Å². The van der Waals surface area contributed by atoms with E-state index in [4.69, 9.17) is 6.42 Å². The molecular weight excluding hydrogens is 376 g/mol. The van der Waals surface area contributed by atoms with Crippen LogP contribution >= 0.6 is 0 Å². The van der Waals surface area contributed by atoms with Crippen molar-refractivity contribution in [1.29, 1.82) is 0 Å². The van der Waals surface area contributed by atoms with Gasteiger partial charge in [0.15, 0.2) is 0 Å². The van der Waals surface area contributed by atoms with Gasteiger partial charge in [0.2, 0.25) is 5.91 Å². The second kappa shape index (κ2) is 6.70. The number of carbonyl (C=O) groups excluding carboxylic acids is 1. The third-order valence-corrected chi connectivity index (χ3v) is 6.32. The molecule has 2 aliphatic rings. The molecule has 2 fully saturated rings. The maximum Gasteiger partial charge on any atom is 0.245 e. The summed E-state index contributed by atoms with van der Waals surface area (Å²) in [7, 11) is 0. The molecule has 2 saturated heterocycles. The molecule has 0 radical (unpaired) electrons. The average molecular weight is 398 g/mol. The van der Waals surface area contributed by atoms with Crippen LogP contribution in [0.2, 0.25) is 0 Å². The second-order valence-corrected chi connectivity index (χ2v) is 8.22. The zero-order valence-electron chi connectivity index (χ0n) is 16.9. The number of aromatic amines is 1. The number of hydrogen-bond donors (Lipinski definition) is 1. The Labute approximate surface area is 174 Å². The van der Waals surface area contributed by atoms with Gasteiger partial charge in [0.25, 0.3) is 0 Å². The summed E-state index contributed by atoms with van der Waals surface area (Å²) in [5, 5.41) is 8.19. The van der Waals surface area contributed by atoms with Crippen LogP contribution in [-0.4, -0.2) is 57.2 Å². The molecule has 150 valence electrons. The molecule has 4 heterocycles. The fraction of sp³-hybridized carbons (Fsp3) is 0.304. The first-order chi connectivity index (χ1) is 14.5. The SMILES string of the molecule is C#Cc1c(-c2c(C)ccc3[nH]ncc23)ncnc1N1CCC2(CN(C(=O)C=C)C2)C1. The van der Waals surface area contributed by atoms with Gasteiger partial charge in [0.05, 0.1) is 23.0 Å². The number of likely N-dealkylation sites (tertiary alicyclic amines) is 1. The molecule has 0 atom stereocenters. The third kappa shape index (κ3) is 2.68. The Kier molecular flexibility index (Phi) is 4.10. The Morgan fingerprint density at radius 1 is 1.33 bits per heavy atom. The van der Waals surface area contributed by atoms with Crippen LogP contribution in [0.1, 0.15) is 17.5 Å². The zero-order chi connectivity index (χ0) is 20.9. The van der Waals surface area contributed by atoms with Gasteiger partial charge in [-0.3, -0.25) is 9.89 Å². The lowest BCUT2D eigenvalue weighted by molar-refractivity contribution is -0.136. The number of H-pyrrole nitrogens is 1. The predicted molar refractivity (Wildman–Crippen MR) is 116 cm³/mol. The molecule has 2 aromatic heterocycles. The van der Waals surface area contributed by atoms with Crippen molar-refractivity contribution in [2.45, 2.75) is 13.3 Å². The van der Waals surface area contributed by atoms with Gasteiger partial charge in [0, 0.05) is 42.5 Å². The summed E-state index contributed by atoms with van der Waals surface area (Å²) in [6.45, 7) is 8.82. The van der Waals surface area contributed by atoms with Crippen molar-refractivity contribution in [2.24, 2.45) is 5.41 Å². The molecule has 0 unspecified atom stereocenters. The van der Waals surface area contributed by atoms with Crippen LogP contribution in [0, 0.1) is 24.7 Å². The van der Waals surface area contributed by atoms with E-state index < -0.39 is 0 Å². The van der Waals surface area contributed by atoms with Gasteiger partial charge in [0.1, 0.15) is 12.1 Å². The number of rotatable bonds is 3. The van der Waals surface area contributed by atoms with Crippen LogP contribution in [0.15, 0.2) is 37.3 Å². The maximum absolute atomic E-state index is 11.8. The highest BCUT2D eigenvalue weighted by molar-refractivity contribution is 5.97. The highest BCUT2D eigenvalue weighted by atomic mass is 16.2. The van der Waals surface area contributed by atoms with Gasteiger partial charge in [-0.2, -0.15) is 5.10 Å². The van der Waals surface area contributed by atoms with Crippen molar-refractivity contribution in [3.8, 4) is 23.6 Å². The minimum Gasteiger partial charge on any atom is -0.355 e. The van der Waals surface area contributed by atoms with Gasteiger partial charge in [-0.1, -0.05) is 18.6 Å². The first kappa shape index (κ1) is 18.4. The van der Waals surface area contributed by atoms with E-state index in [0.29, 0.717) is 5.56 Å². The van der Waals surface area contributed by atoms with E-state index in [9.17, 15) is 4.79 Å². The Morgan fingerprint density at radius 3 is 2.93 bits per heavy atom. The molecule has 1 amide bonds. The Hall–Kier alpha value is -3.66. The summed E-state index contributed by atoms with van der Waals surface area (Å²) >= 11 is 0. The molecule has 0 saturated carbocycles. The number of nitrogens with one attached hydrogen (secondary N) is 1. The highest BCUT2D eigenvalue weighted by Crippen LogP contribution is 2.42. The van der Waals surface area contributed by atoms with Crippen LogP contribution in [0.3, 0.4) is 0 Å². The lowest BCUT2D eigenvalue weighted by Crippen LogP contribution is -2.59. The number of aryl methyl sites for hydroxylation is 1. The third-order valence-electron chi connectivity index (χ3n) is 6.32. The summed E-state index contributed by atoms with van der Waals surface area (Å²) in [5.41, 5.74) is 4.57. The van der Waals surface area contributed by atoms with Crippen LogP contribution in [-0.2, 0) is 4.79 Å². The molecule has 5 rings (SSSR count). The maximum atomic E-state index is 11.8. The number of nitrogens with zero attached hydrogens (tertiary/aromatic N) is 5. The normalized spacial score (nSPS) is 17.2. The van der Waals surface area contributed by atoms with E-state index in [-0.39, 0.29) is 11.3 Å². The summed E-state index contributed by atoms with van der Waals surface area (Å²) in [6, 6.07) is 4.05. The molecule has 2 aliphatic heterocycles. The molecular formula is C23H22N6O. The number of anilines is 1. The van der Waals surface area contributed by atoms with Crippen molar-refractivity contribution in [3.63, 3.8) is 0 Å². The lowest BCUT2D eigenvalue weighted by atomic mass is 9.79. The molecule has 3 aromatic rings. The molecule has 30 heavy (non-hydrogen) atoms. The van der Waals surface area contributed by atoms with Crippen LogP contribution < -0.4 is 4.90 Å². The van der Waals surface area contributed by atoms with Crippen molar-refractivity contribution in [2.75, 3.05) is 31.1 Å². The van der Waals surface area contributed by atoms with Gasteiger partial charge in [-0.05, 0) is 31.1 Å². The van der Waals surface area contributed by atoms with E-state index in [1.165, 1.54) is 6.08 Å². The standard InChI is InChI=1S/C23H22N6O/c1-4-16-21(20-15(3)6-7-18-17(20)10-26-27-18)24-14-25-22(16)28-9-8-23(11-28)12-29(13-23)19(30)5-2/h1,5-7,10,14H,2,8-9,11-13H2,3H3,(H,26,27). The minimum atomic E-state index is -0.00334. The predicted octanol–water partition coefficient (Wildman–Crippen LogP) is 2.53. The van der Waals surface area contributed by atoms with E-state index in [1.54, 1.807) is 6.33 Å². The first-order valence-electron chi connectivity index (χ1n) is 9.96. The molecule has 1 aromatic carbocycles. The quantitative estimate of drug-likeness (QED) is 0.542. The van der Waals surface area contributed by atoms with Gasteiger partial charge in [-0.15, -0.1) is 6.42 Å². The number of hydrogen-bond acceptors (Lipinski definition) is 5. The highest BCUT2D eigenvalue weighted by Gasteiger charge is 2.49. The first-order valence-corrected chi connectivity index (χ1v) is 9.96. The fourth-order valence-corrected chi connectivity index (χ4v) is 4.80. The Balaban J connectivity index is 1.51.